The topological polar surface area (TPSA) is 80.7 Å². The van der Waals surface area contributed by atoms with E-state index in [4.69, 9.17) is 4.74 Å². The van der Waals surface area contributed by atoms with Gasteiger partial charge in [0.25, 0.3) is 0 Å². The lowest BCUT2D eigenvalue weighted by Crippen LogP contribution is -2.62. The lowest BCUT2D eigenvalue weighted by atomic mass is 9.40. The predicted octanol–water partition coefficient (Wildman–Crippen LogP) is 3.32. The average Bonchev–Trinajstić information content (AvgIpc) is 2.98. The molecule has 0 aliphatic heterocycles. The summed E-state index contributed by atoms with van der Waals surface area (Å²) in [6.07, 6.45) is 9.80. The van der Waals surface area contributed by atoms with E-state index in [9.17, 15) is 19.5 Å². The standard InChI is InChI=1S/C24H30O5/c1-14(25)29-13-20(27)19-8-7-17-18-6-5-15-11-16(26)9-10-23(15,3)24(18,4)21(28)12-22(17,19)2/h8-11,17-18,21,28H,5-7,12-13H2,1-4H3. The van der Waals surface area contributed by atoms with Crippen molar-refractivity contribution in [2.45, 2.75) is 59.5 Å². The molecule has 4 aliphatic rings. The summed E-state index contributed by atoms with van der Waals surface area (Å²) in [5, 5.41) is 11.5. The minimum absolute atomic E-state index is 0.0237. The molecular weight excluding hydrogens is 368 g/mol. The fourth-order valence-electron chi connectivity index (χ4n) is 6.89. The van der Waals surface area contributed by atoms with E-state index in [0.29, 0.717) is 12.0 Å². The van der Waals surface area contributed by atoms with Crippen molar-refractivity contribution in [1.29, 1.82) is 0 Å². The maximum Gasteiger partial charge on any atom is 0.303 e. The van der Waals surface area contributed by atoms with Gasteiger partial charge >= 0.3 is 5.97 Å². The van der Waals surface area contributed by atoms with Gasteiger partial charge in [0, 0.05) is 28.7 Å². The third kappa shape index (κ3) is 2.66. The van der Waals surface area contributed by atoms with Crippen molar-refractivity contribution in [1.82, 2.24) is 0 Å². The first-order valence-corrected chi connectivity index (χ1v) is 10.5. The zero-order valence-electron chi connectivity index (χ0n) is 17.7. The number of hydrogen-bond donors (Lipinski definition) is 1. The molecule has 0 radical (unpaired) electrons. The van der Waals surface area contributed by atoms with Gasteiger partial charge < -0.3 is 9.84 Å². The molecule has 0 spiro atoms. The van der Waals surface area contributed by atoms with Crippen molar-refractivity contribution >= 4 is 17.5 Å². The first kappa shape index (κ1) is 20.3. The van der Waals surface area contributed by atoms with E-state index < -0.39 is 22.9 Å². The molecule has 6 unspecified atom stereocenters. The first-order valence-electron chi connectivity index (χ1n) is 10.5. The van der Waals surface area contributed by atoms with Gasteiger partial charge in [-0.05, 0) is 49.7 Å². The van der Waals surface area contributed by atoms with E-state index in [2.05, 4.69) is 20.8 Å². The Morgan fingerprint density at radius 3 is 2.66 bits per heavy atom. The zero-order valence-corrected chi connectivity index (χ0v) is 17.7. The SMILES string of the molecule is CC(=O)OCC(=O)C1=CCC2C3CCC4=CC(=O)C=CC4(C)C3(C)C(O)CC12C. The molecule has 0 heterocycles. The van der Waals surface area contributed by atoms with Crippen molar-refractivity contribution in [2.24, 2.45) is 28.1 Å². The van der Waals surface area contributed by atoms with Crippen LogP contribution in [0.3, 0.4) is 0 Å². The molecule has 156 valence electrons. The lowest BCUT2D eigenvalue weighted by molar-refractivity contribution is -0.165. The minimum Gasteiger partial charge on any atom is -0.457 e. The van der Waals surface area contributed by atoms with E-state index in [-0.39, 0.29) is 35.4 Å². The molecule has 5 nitrogen and oxygen atoms in total. The van der Waals surface area contributed by atoms with Crippen molar-refractivity contribution in [2.75, 3.05) is 6.61 Å². The molecule has 29 heavy (non-hydrogen) atoms. The van der Waals surface area contributed by atoms with E-state index in [1.807, 2.05) is 12.2 Å². The summed E-state index contributed by atoms with van der Waals surface area (Å²) in [5.74, 6) is -0.126. The van der Waals surface area contributed by atoms with Gasteiger partial charge in [0.1, 0.15) is 0 Å². The monoisotopic (exact) mass is 398 g/mol. The van der Waals surface area contributed by atoms with Crippen LogP contribution in [0.15, 0.2) is 35.5 Å². The van der Waals surface area contributed by atoms with Crippen LogP contribution in [-0.4, -0.2) is 35.4 Å². The second kappa shape index (κ2) is 6.49. The fraction of sp³-hybridized carbons (Fsp3) is 0.625. The molecule has 0 amide bonds. The molecule has 0 aromatic carbocycles. The number of aliphatic hydroxyl groups excluding tert-OH is 1. The number of ketones is 2. The summed E-state index contributed by atoms with van der Waals surface area (Å²) >= 11 is 0. The van der Waals surface area contributed by atoms with Crippen molar-refractivity contribution in [3.63, 3.8) is 0 Å². The van der Waals surface area contributed by atoms with Gasteiger partial charge in [0.2, 0.25) is 0 Å². The summed E-state index contributed by atoms with van der Waals surface area (Å²) in [4.78, 5) is 35.9. The Labute approximate surface area is 171 Å². The maximum absolute atomic E-state index is 12.8. The smallest absolute Gasteiger partial charge is 0.303 e. The number of allylic oxidation sites excluding steroid dienone is 5. The van der Waals surface area contributed by atoms with Gasteiger partial charge in [-0.15, -0.1) is 0 Å². The Hall–Kier alpha value is -2.01. The summed E-state index contributed by atoms with van der Waals surface area (Å²) in [5.41, 5.74) is 0.622. The normalized spacial score (nSPS) is 42.9. The van der Waals surface area contributed by atoms with Crippen LogP contribution in [0.5, 0.6) is 0 Å². The van der Waals surface area contributed by atoms with Crippen LogP contribution in [0.1, 0.15) is 53.4 Å². The second-order valence-electron chi connectivity index (χ2n) is 9.84. The number of Topliss-reactive ketones (excluding diaryl/α,β-unsaturated/α-hetero) is 1. The van der Waals surface area contributed by atoms with E-state index in [1.54, 1.807) is 12.2 Å². The summed E-state index contributed by atoms with van der Waals surface area (Å²) in [6, 6.07) is 0. The molecule has 1 N–H and O–H groups in total. The molecule has 0 aromatic heterocycles. The van der Waals surface area contributed by atoms with Gasteiger partial charge in [-0.3, -0.25) is 14.4 Å². The van der Waals surface area contributed by atoms with Gasteiger partial charge in [-0.25, -0.2) is 0 Å². The molecule has 5 heteroatoms. The molecule has 6 atom stereocenters. The first-order chi connectivity index (χ1) is 13.5. The highest BCUT2D eigenvalue weighted by Crippen LogP contribution is 2.70. The van der Waals surface area contributed by atoms with E-state index in [0.717, 1.165) is 24.8 Å². The van der Waals surface area contributed by atoms with Gasteiger partial charge in [-0.1, -0.05) is 38.5 Å². The second-order valence-corrected chi connectivity index (χ2v) is 9.84. The number of ether oxygens (including phenoxy) is 1. The number of hydrogen-bond acceptors (Lipinski definition) is 5. The molecule has 4 aliphatic carbocycles. The van der Waals surface area contributed by atoms with Crippen molar-refractivity contribution < 1.29 is 24.2 Å². The van der Waals surface area contributed by atoms with Crippen LogP contribution >= 0.6 is 0 Å². The van der Waals surface area contributed by atoms with Crippen molar-refractivity contribution in [3.8, 4) is 0 Å². The number of rotatable bonds is 3. The molecule has 0 aromatic rings. The Morgan fingerprint density at radius 2 is 1.97 bits per heavy atom. The Bertz CT molecular complexity index is 880. The molecule has 4 rings (SSSR count). The quantitative estimate of drug-likeness (QED) is 0.738. The van der Waals surface area contributed by atoms with Crippen LogP contribution in [0.25, 0.3) is 0 Å². The summed E-state index contributed by atoms with van der Waals surface area (Å²) in [6.45, 7) is 7.45. The Kier molecular flexibility index (Phi) is 4.54. The highest BCUT2D eigenvalue weighted by Gasteiger charge is 2.66. The molecule has 2 saturated carbocycles. The minimum atomic E-state index is -0.608. The zero-order chi connectivity index (χ0) is 21.2. The number of carbonyl (C=O) groups excluding carboxylic acids is 3. The van der Waals surface area contributed by atoms with Gasteiger partial charge in [0.15, 0.2) is 18.2 Å². The van der Waals surface area contributed by atoms with Gasteiger partial charge in [0.05, 0.1) is 6.10 Å². The Morgan fingerprint density at radius 1 is 1.24 bits per heavy atom. The Balaban J connectivity index is 1.68. The molecule has 0 bridgehead atoms. The summed E-state index contributed by atoms with van der Waals surface area (Å²) < 4.78 is 4.95. The largest absolute Gasteiger partial charge is 0.457 e. The van der Waals surface area contributed by atoms with Crippen LogP contribution < -0.4 is 0 Å². The maximum atomic E-state index is 12.8. The molecule has 2 fully saturated rings. The van der Waals surface area contributed by atoms with Crippen molar-refractivity contribution in [3.05, 3.63) is 35.5 Å². The third-order valence-electron chi connectivity index (χ3n) is 8.69. The fourth-order valence-corrected chi connectivity index (χ4v) is 6.89. The lowest BCUT2D eigenvalue weighted by Gasteiger charge is -2.64. The summed E-state index contributed by atoms with van der Waals surface area (Å²) in [7, 11) is 0. The van der Waals surface area contributed by atoms with E-state index in [1.165, 1.54) is 6.92 Å². The van der Waals surface area contributed by atoms with Gasteiger partial charge in [-0.2, -0.15) is 0 Å². The number of fused-ring (bicyclic) bond motifs is 5. The van der Waals surface area contributed by atoms with E-state index >= 15 is 0 Å². The predicted molar refractivity (Wildman–Crippen MR) is 108 cm³/mol. The van der Waals surface area contributed by atoms with Crippen LogP contribution in [0, 0.1) is 28.1 Å². The number of carbonyl (C=O) groups is 3. The third-order valence-corrected chi connectivity index (χ3v) is 8.69. The van der Waals surface area contributed by atoms with Crippen LogP contribution in [-0.2, 0) is 19.1 Å². The highest BCUT2D eigenvalue weighted by atomic mass is 16.5. The molecule has 0 saturated heterocycles. The number of aliphatic hydroxyl groups is 1. The number of esters is 1. The van der Waals surface area contributed by atoms with Crippen LogP contribution in [0.2, 0.25) is 0 Å². The molecular formula is C24H30O5. The highest BCUT2D eigenvalue weighted by molar-refractivity contribution is 6.01. The van der Waals surface area contributed by atoms with Crippen LogP contribution in [0.4, 0.5) is 0 Å². The average molecular weight is 398 g/mol.